The first-order valence-electron chi connectivity index (χ1n) is 7.05. The molecule has 1 aromatic heterocycles. The van der Waals surface area contributed by atoms with E-state index in [0.717, 1.165) is 11.9 Å². The predicted molar refractivity (Wildman–Crippen MR) is 87.1 cm³/mol. The number of aryl methyl sites for hydroxylation is 2. The standard InChI is InChI=1S/C19H19N/c1-4-20-15(3)18(17-7-5-6-8-19(17)20)13-16-11-9-14(2)10-12-16/h5-13H,3-4H2,1-2H3/b18-13+. The maximum Gasteiger partial charge on any atom is 0.0491 e. The maximum atomic E-state index is 4.27. The number of para-hydroxylation sites is 1. The van der Waals surface area contributed by atoms with Gasteiger partial charge in [0, 0.05) is 28.0 Å². The van der Waals surface area contributed by atoms with Gasteiger partial charge in [-0.1, -0.05) is 54.6 Å². The van der Waals surface area contributed by atoms with Crippen LogP contribution in [0.2, 0.25) is 0 Å². The largest absolute Gasteiger partial charge is 0.341 e. The molecular formula is C19H19N. The van der Waals surface area contributed by atoms with Gasteiger partial charge in [0.05, 0.1) is 0 Å². The monoisotopic (exact) mass is 261 g/mol. The van der Waals surface area contributed by atoms with Crippen molar-refractivity contribution in [3.05, 3.63) is 70.2 Å². The summed E-state index contributed by atoms with van der Waals surface area (Å²) in [4.78, 5) is 0. The van der Waals surface area contributed by atoms with Crippen molar-refractivity contribution >= 4 is 23.6 Å². The number of hydrogen-bond acceptors (Lipinski definition) is 0. The summed E-state index contributed by atoms with van der Waals surface area (Å²) < 4.78 is 2.27. The van der Waals surface area contributed by atoms with E-state index in [0.29, 0.717) is 0 Å². The Hall–Kier alpha value is -2.28. The highest BCUT2D eigenvalue weighted by Gasteiger charge is 2.04. The lowest BCUT2D eigenvalue weighted by molar-refractivity contribution is 0.772. The Morgan fingerprint density at radius 1 is 1.05 bits per heavy atom. The third-order valence-electron chi connectivity index (χ3n) is 3.83. The van der Waals surface area contributed by atoms with Crippen molar-refractivity contribution in [3.8, 4) is 0 Å². The minimum atomic E-state index is 0.946. The summed E-state index contributed by atoms with van der Waals surface area (Å²) in [5.74, 6) is 0. The number of nitrogens with zero attached hydrogens (tertiary/aromatic N) is 1. The molecule has 0 bridgehead atoms. The zero-order chi connectivity index (χ0) is 14.1. The summed E-state index contributed by atoms with van der Waals surface area (Å²) in [7, 11) is 0. The van der Waals surface area contributed by atoms with Crippen molar-refractivity contribution in [2.75, 3.05) is 0 Å². The molecule has 1 heterocycles. The van der Waals surface area contributed by atoms with E-state index in [2.05, 4.69) is 79.6 Å². The minimum absolute atomic E-state index is 0.946. The molecule has 0 N–H and O–H groups in total. The van der Waals surface area contributed by atoms with Gasteiger partial charge in [-0.2, -0.15) is 0 Å². The molecule has 1 heteroatoms. The van der Waals surface area contributed by atoms with Crippen molar-refractivity contribution in [2.45, 2.75) is 20.4 Å². The van der Waals surface area contributed by atoms with Crippen LogP contribution in [-0.2, 0) is 6.54 Å². The fourth-order valence-corrected chi connectivity index (χ4v) is 2.73. The van der Waals surface area contributed by atoms with Crippen LogP contribution >= 0.6 is 0 Å². The van der Waals surface area contributed by atoms with E-state index >= 15 is 0 Å². The molecule has 0 aliphatic rings. The van der Waals surface area contributed by atoms with Crippen LogP contribution in [0.15, 0.2) is 48.5 Å². The fraction of sp³-hybridized carbons (Fsp3) is 0.158. The van der Waals surface area contributed by atoms with E-state index in [-0.39, 0.29) is 0 Å². The summed E-state index contributed by atoms with van der Waals surface area (Å²) in [5, 5.41) is 3.60. The van der Waals surface area contributed by atoms with Gasteiger partial charge < -0.3 is 4.57 Å². The Bertz CT molecular complexity index is 851. The van der Waals surface area contributed by atoms with Gasteiger partial charge in [0.1, 0.15) is 0 Å². The molecule has 0 spiro atoms. The van der Waals surface area contributed by atoms with Gasteiger partial charge in [0.25, 0.3) is 0 Å². The zero-order valence-corrected chi connectivity index (χ0v) is 12.1. The molecule has 3 rings (SSSR count). The van der Waals surface area contributed by atoms with Crippen LogP contribution in [0.5, 0.6) is 0 Å². The van der Waals surface area contributed by atoms with Crippen LogP contribution in [0, 0.1) is 6.92 Å². The Morgan fingerprint density at radius 3 is 2.45 bits per heavy atom. The minimum Gasteiger partial charge on any atom is -0.341 e. The number of hydrogen-bond donors (Lipinski definition) is 0. The third kappa shape index (κ3) is 2.05. The van der Waals surface area contributed by atoms with E-state index in [1.54, 1.807) is 0 Å². The first-order valence-corrected chi connectivity index (χ1v) is 7.05. The lowest BCUT2D eigenvalue weighted by atomic mass is 10.1. The topological polar surface area (TPSA) is 4.93 Å². The zero-order valence-electron chi connectivity index (χ0n) is 12.1. The fourth-order valence-electron chi connectivity index (χ4n) is 2.73. The van der Waals surface area contributed by atoms with Crippen molar-refractivity contribution in [2.24, 2.45) is 0 Å². The molecular weight excluding hydrogens is 242 g/mol. The average Bonchev–Trinajstić information content (AvgIpc) is 2.74. The first-order chi connectivity index (χ1) is 9.70. The summed E-state index contributed by atoms with van der Waals surface area (Å²) in [6, 6.07) is 17.1. The SMILES string of the molecule is C=c1/c(=C\c2ccc(C)cc2)c2ccccc2n1CC. The van der Waals surface area contributed by atoms with Crippen LogP contribution in [-0.4, -0.2) is 4.57 Å². The number of aromatic nitrogens is 1. The second-order valence-corrected chi connectivity index (χ2v) is 5.18. The lowest BCUT2D eigenvalue weighted by Gasteiger charge is -1.99. The van der Waals surface area contributed by atoms with Gasteiger partial charge in [-0.15, -0.1) is 0 Å². The molecule has 0 radical (unpaired) electrons. The van der Waals surface area contributed by atoms with E-state index in [1.165, 1.54) is 27.2 Å². The summed E-state index contributed by atoms with van der Waals surface area (Å²) in [6.45, 7) is 9.49. The number of rotatable bonds is 2. The molecule has 0 fully saturated rings. The van der Waals surface area contributed by atoms with Crippen LogP contribution in [0.25, 0.3) is 23.6 Å². The second kappa shape index (κ2) is 5.01. The Balaban J connectivity index is 2.33. The van der Waals surface area contributed by atoms with Gasteiger partial charge >= 0.3 is 0 Å². The van der Waals surface area contributed by atoms with Crippen molar-refractivity contribution in [3.63, 3.8) is 0 Å². The predicted octanol–water partition coefficient (Wildman–Crippen LogP) is 3.21. The Kier molecular flexibility index (Phi) is 3.19. The molecule has 0 saturated heterocycles. The molecule has 1 nitrogen and oxygen atoms in total. The van der Waals surface area contributed by atoms with Crippen LogP contribution in [0.1, 0.15) is 18.1 Å². The molecule has 2 aromatic carbocycles. The average molecular weight is 261 g/mol. The van der Waals surface area contributed by atoms with Crippen LogP contribution in [0.3, 0.4) is 0 Å². The quantitative estimate of drug-likeness (QED) is 0.667. The van der Waals surface area contributed by atoms with Crippen molar-refractivity contribution < 1.29 is 0 Å². The highest BCUT2D eigenvalue weighted by atomic mass is 15.0. The van der Waals surface area contributed by atoms with E-state index < -0.39 is 0 Å². The lowest BCUT2D eigenvalue weighted by Crippen LogP contribution is -2.27. The third-order valence-corrected chi connectivity index (χ3v) is 3.83. The highest BCUT2D eigenvalue weighted by Crippen LogP contribution is 2.09. The van der Waals surface area contributed by atoms with Gasteiger partial charge in [0.2, 0.25) is 0 Å². The van der Waals surface area contributed by atoms with E-state index in [9.17, 15) is 0 Å². The van der Waals surface area contributed by atoms with Gasteiger partial charge in [-0.05, 0) is 31.6 Å². The molecule has 0 unspecified atom stereocenters. The smallest absolute Gasteiger partial charge is 0.0491 e. The number of benzene rings is 2. The molecule has 0 amide bonds. The maximum absolute atomic E-state index is 4.27. The molecule has 0 aliphatic carbocycles. The summed E-state index contributed by atoms with van der Waals surface area (Å²) in [5.41, 5.74) is 3.77. The van der Waals surface area contributed by atoms with E-state index in [1.807, 2.05) is 0 Å². The van der Waals surface area contributed by atoms with E-state index in [4.69, 9.17) is 0 Å². The van der Waals surface area contributed by atoms with Crippen LogP contribution < -0.4 is 10.6 Å². The van der Waals surface area contributed by atoms with Gasteiger partial charge in [-0.3, -0.25) is 0 Å². The van der Waals surface area contributed by atoms with Crippen LogP contribution in [0.4, 0.5) is 0 Å². The van der Waals surface area contributed by atoms with Crippen molar-refractivity contribution in [1.29, 1.82) is 0 Å². The second-order valence-electron chi connectivity index (χ2n) is 5.18. The molecule has 0 aliphatic heterocycles. The molecule has 100 valence electrons. The highest BCUT2D eigenvalue weighted by molar-refractivity contribution is 5.82. The van der Waals surface area contributed by atoms with Gasteiger partial charge in [0.15, 0.2) is 0 Å². The number of fused-ring (bicyclic) bond motifs is 1. The van der Waals surface area contributed by atoms with Gasteiger partial charge in [-0.25, -0.2) is 0 Å². The summed E-state index contributed by atoms with van der Waals surface area (Å²) in [6.07, 6.45) is 2.23. The summed E-state index contributed by atoms with van der Waals surface area (Å²) >= 11 is 0. The molecule has 0 saturated carbocycles. The molecule has 3 aromatic rings. The molecule has 0 atom stereocenters. The Morgan fingerprint density at radius 2 is 1.75 bits per heavy atom. The normalized spacial score (nSPS) is 12.2. The first kappa shape index (κ1) is 12.7. The van der Waals surface area contributed by atoms with Crippen molar-refractivity contribution in [1.82, 2.24) is 4.57 Å². The molecule has 20 heavy (non-hydrogen) atoms. The Labute approximate surface area is 119 Å².